The van der Waals surface area contributed by atoms with Crippen molar-refractivity contribution >= 4 is 17.0 Å². The highest BCUT2D eigenvalue weighted by molar-refractivity contribution is 5.92. The van der Waals surface area contributed by atoms with Gasteiger partial charge in [-0.3, -0.25) is 4.90 Å². The number of benzene rings is 2. The van der Waals surface area contributed by atoms with E-state index < -0.39 is 5.97 Å². The number of carboxylic acids is 1. The number of nitrogens with zero attached hydrogens (tertiary/aromatic N) is 4. The third-order valence-corrected chi connectivity index (χ3v) is 8.67. The Labute approximate surface area is 227 Å². The molecule has 200 valence electrons. The summed E-state index contributed by atoms with van der Waals surface area (Å²) in [6.07, 6.45) is 3.39. The average Bonchev–Trinajstić information content (AvgIpc) is 3.58. The molecule has 2 aromatic carbocycles. The maximum absolute atomic E-state index is 11.6. The first-order valence-corrected chi connectivity index (χ1v) is 13.8. The van der Waals surface area contributed by atoms with E-state index in [9.17, 15) is 9.90 Å². The van der Waals surface area contributed by atoms with Crippen molar-refractivity contribution in [2.24, 2.45) is 5.92 Å². The number of piperidine rings is 1. The van der Waals surface area contributed by atoms with Gasteiger partial charge in [0.05, 0.1) is 41.5 Å². The molecule has 2 saturated heterocycles. The first-order chi connectivity index (χ1) is 19.1. The Morgan fingerprint density at radius 3 is 2.74 bits per heavy atom. The topological polar surface area (TPSA) is 89.7 Å². The third kappa shape index (κ3) is 4.68. The normalized spacial score (nSPS) is 24.2. The van der Waals surface area contributed by atoms with Crippen molar-refractivity contribution < 1.29 is 19.4 Å². The van der Waals surface area contributed by atoms with E-state index in [1.165, 1.54) is 0 Å². The predicted molar refractivity (Wildman–Crippen MR) is 146 cm³/mol. The van der Waals surface area contributed by atoms with Crippen LogP contribution in [0.25, 0.3) is 11.0 Å². The molecule has 0 bridgehead atoms. The van der Waals surface area contributed by atoms with Crippen molar-refractivity contribution in [3.8, 4) is 5.88 Å². The van der Waals surface area contributed by atoms with E-state index in [4.69, 9.17) is 19.4 Å². The zero-order valence-corrected chi connectivity index (χ0v) is 21.8. The lowest BCUT2D eigenvalue weighted by molar-refractivity contribution is -0.0592. The van der Waals surface area contributed by atoms with Crippen molar-refractivity contribution in [3.05, 3.63) is 89.4 Å². The molecule has 4 heterocycles. The maximum Gasteiger partial charge on any atom is 0.335 e. The fraction of sp³-hybridized carbons (Fsp3) is 0.387. The number of pyridine rings is 1. The number of hydrogen-bond acceptors (Lipinski definition) is 6. The molecule has 3 unspecified atom stereocenters. The number of imidazole rings is 1. The summed E-state index contributed by atoms with van der Waals surface area (Å²) in [7, 11) is 0. The minimum atomic E-state index is -0.921. The van der Waals surface area contributed by atoms with Gasteiger partial charge in [-0.2, -0.15) is 0 Å². The van der Waals surface area contributed by atoms with Crippen molar-refractivity contribution in [2.75, 3.05) is 19.7 Å². The Hall–Kier alpha value is -3.75. The summed E-state index contributed by atoms with van der Waals surface area (Å²) in [5.74, 6) is 1.31. The minimum absolute atomic E-state index is 0.138. The van der Waals surface area contributed by atoms with Crippen molar-refractivity contribution in [1.29, 1.82) is 0 Å². The number of aromatic carboxylic acids is 1. The molecule has 2 aromatic heterocycles. The summed E-state index contributed by atoms with van der Waals surface area (Å²) in [5.41, 5.74) is 4.41. The second kappa shape index (κ2) is 9.77. The first-order valence-electron chi connectivity index (χ1n) is 13.8. The zero-order valence-electron chi connectivity index (χ0n) is 21.8. The largest absolute Gasteiger partial charge is 0.478 e. The van der Waals surface area contributed by atoms with E-state index in [1.54, 1.807) is 12.1 Å². The predicted octanol–water partition coefficient (Wildman–Crippen LogP) is 4.66. The van der Waals surface area contributed by atoms with Gasteiger partial charge in [0.15, 0.2) is 0 Å². The average molecular weight is 525 g/mol. The highest BCUT2D eigenvalue weighted by Gasteiger charge is 2.58. The van der Waals surface area contributed by atoms with Crippen molar-refractivity contribution in [2.45, 2.75) is 50.5 Å². The lowest BCUT2D eigenvalue weighted by Gasteiger charge is -2.32. The number of ether oxygens (including phenoxy) is 2. The van der Waals surface area contributed by atoms with E-state index in [0.29, 0.717) is 24.9 Å². The van der Waals surface area contributed by atoms with Crippen LogP contribution in [0.1, 0.15) is 46.7 Å². The summed E-state index contributed by atoms with van der Waals surface area (Å²) in [6, 6.07) is 21.5. The molecule has 0 amide bonds. The van der Waals surface area contributed by atoms with Crippen LogP contribution < -0.4 is 4.74 Å². The van der Waals surface area contributed by atoms with E-state index >= 15 is 0 Å². The third-order valence-electron chi connectivity index (χ3n) is 8.67. The van der Waals surface area contributed by atoms with Gasteiger partial charge in [-0.1, -0.05) is 36.4 Å². The van der Waals surface area contributed by atoms with Crippen LogP contribution in [0.4, 0.5) is 0 Å². The van der Waals surface area contributed by atoms with Crippen LogP contribution >= 0.6 is 0 Å². The highest BCUT2D eigenvalue weighted by atomic mass is 16.5. The molecule has 3 atom stereocenters. The second-order valence-corrected chi connectivity index (χ2v) is 11.1. The molecule has 8 nitrogen and oxygen atoms in total. The van der Waals surface area contributed by atoms with Gasteiger partial charge < -0.3 is 19.1 Å². The van der Waals surface area contributed by atoms with Gasteiger partial charge in [0.1, 0.15) is 12.4 Å². The molecule has 39 heavy (non-hydrogen) atoms. The minimum Gasteiger partial charge on any atom is -0.478 e. The van der Waals surface area contributed by atoms with E-state index in [-0.39, 0.29) is 17.1 Å². The van der Waals surface area contributed by atoms with Gasteiger partial charge in [-0.05, 0) is 61.6 Å². The Balaban J connectivity index is 1.06. The molecular formula is C31H32N4O4. The van der Waals surface area contributed by atoms with Crippen LogP contribution in [-0.2, 0) is 29.8 Å². The summed E-state index contributed by atoms with van der Waals surface area (Å²) >= 11 is 0. The quantitative estimate of drug-likeness (QED) is 0.341. The molecule has 4 aromatic rings. The van der Waals surface area contributed by atoms with Crippen LogP contribution in [0.3, 0.4) is 0 Å². The van der Waals surface area contributed by atoms with Gasteiger partial charge in [0.25, 0.3) is 0 Å². The van der Waals surface area contributed by atoms with E-state index in [1.807, 2.05) is 30.3 Å². The van der Waals surface area contributed by atoms with Gasteiger partial charge in [-0.15, -0.1) is 0 Å². The molecular weight excluding hydrogens is 492 g/mol. The molecule has 3 fully saturated rings. The first kappa shape index (κ1) is 24.3. The fourth-order valence-corrected chi connectivity index (χ4v) is 6.24. The van der Waals surface area contributed by atoms with Crippen LogP contribution in [0.2, 0.25) is 0 Å². The molecule has 1 saturated carbocycles. The molecule has 1 N–H and O–H groups in total. The lowest BCUT2D eigenvalue weighted by Crippen LogP contribution is -2.37. The summed E-state index contributed by atoms with van der Waals surface area (Å²) in [4.78, 5) is 24.0. The van der Waals surface area contributed by atoms with Crippen LogP contribution in [0, 0.1) is 5.92 Å². The molecule has 7 rings (SSSR count). The molecule has 3 aliphatic rings. The lowest BCUT2D eigenvalue weighted by atomic mass is 9.91. The van der Waals surface area contributed by atoms with Crippen LogP contribution in [-0.4, -0.2) is 56.3 Å². The van der Waals surface area contributed by atoms with Gasteiger partial charge >= 0.3 is 5.97 Å². The fourth-order valence-electron chi connectivity index (χ4n) is 6.24. The molecule has 0 radical (unpaired) electrons. The van der Waals surface area contributed by atoms with E-state index in [0.717, 1.165) is 73.6 Å². The van der Waals surface area contributed by atoms with E-state index in [2.05, 4.69) is 33.7 Å². The molecule has 1 aliphatic carbocycles. The van der Waals surface area contributed by atoms with Crippen molar-refractivity contribution in [3.63, 3.8) is 0 Å². The number of carbonyl (C=O) groups is 1. The van der Waals surface area contributed by atoms with Crippen LogP contribution in [0.15, 0.2) is 66.7 Å². The Kier molecular flexibility index (Phi) is 6.09. The smallest absolute Gasteiger partial charge is 0.335 e. The summed E-state index contributed by atoms with van der Waals surface area (Å²) in [5, 5.41) is 9.52. The number of aromatic nitrogens is 3. The van der Waals surface area contributed by atoms with Crippen LogP contribution in [0.5, 0.6) is 5.88 Å². The number of likely N-dealkylation sites (tertiary alicyclic amines) is 1. The van der Waals surface area contributed by atoms with Crippen molar-refractivity contribution in [1.82, 2.24) is 19.4 Å². The number of rotatable bonds is 9. The highest BCUT2D eigenvalue weighted by Crippen LogP contribution is 2.58. The van der Waals surface area contributed by atoms with Gasteiger partial charge in [0, 0.05) is 24.6 Å². The maximum atomic E-state index is 11.6. The standard InChI is InChI=1S/C31H32N4O4/c36-30(37)22-9-10-25-26(15-22)35(18-24-11-14-38-24)28(32-25)19-34-13-12-31(16-23(31)17-34)27-7-4-8-29(33-27)39-20-21-5-2-1-3-6-21/h1-10,15,23-24H,11-14,16-20H2,(H,36,37). The Morgan fingerprint density at radius 2 is 1.97 bits per heavy atom. The second-order valence-electron chi connectivity index (χ2n) is 11.1. The molecule has 8 heteroatoms. The Morgan fingerprint density at radius 1 is 1.10 bits per heavy atom. The molecule has 2 aliphatic heterocycles. The summed E-state index contributed by atoms with van der Waals surface area (Å²) < 4.78 is 13.9. The zero-order chi connectivity index (χ0) is 26.4. The SMILES string of the molecule is O=C(O)c1ccc2nc(CN3CCC4(c5cccc(OCc6ccccc6)n5)CC4C3)n(CC3CCO3)c2c1. The number of fused-ring (bicyclic) bond motifs is 2. The monoisotopic (exact) mass is 524 g/mol. The van der Waals surface area contributed by atoms with Gasteiger partial charge in [-0.25, -0.2) is 14.8 Å². The summed E-state index contributed by atoms with van der Waals surface area (Å²) in [6.45, 7) is 4.72. The molecule has 0 spiro atoms. The number of hydrogen-bond donors (Lipinski definition) is 1. The Bertz CT molecular complexity index is 1520. The number of carboxylic acid groups (broad SMARTS) is 1. The van der Waals surface area contributed by atoms with Gasteiger partial charge in [0.2, 0.25) is 5.88 Å².